The quantitative estimate of drug-likeness (QED) is 0.747. The number of anilines is 1. The molecule has 6 heteroatoms. The van der Waals surface area contributed by atoms with Gasteiger partial charge in [-0.25, -0.2) is 0 Å². The van der Waals surface area contributed by atoms with E-state index in [2.05, 4.69) is 10.6 Å². The van der Waals surface area contributed by atoms with Gasteiger partial charge in [-0.3, -0.25) is 0 Å². The minimum atomic E-state index is -0.0729. The third-order valence-corrected chi connectivity index (χ3v) is 3.10. The fourth-order valence-corrected chi connectivity index (χ4v) is 1.99. The number of nitrogens with one attached hydrogen (secondary N) is 2. The van der Waals surface area contributed by atoms with Gasteiger partial charge in [-0.05, 0) is 30.8 Å². The number of rotatable bonds is 4. The van der Waals surface area contributed by atoms with E-state index in [1.165, 1.54) is 0 Å². The van der Waals surface area contributed by atoms with Crippen LogP contribution in [0.2, 0.25) is 10.0 Å². The van der Waals surface area contributed by atoms with Crippen LogP contribution in [-0.2, 0) is 0 Å². The van der Waals surface area contributed by atoms with Crippen LogP contribution >= 0.6 is 35.4 Å². The zero-order valence-corrected chi connectivity index (χ0v) is 11.7. The molecule has 94 valence electrons. The summed E-state index contributed by atoms with van der Waals surface area (Å²) in [6.07, 6.45) is 0.772. The molecule has 0 aliphatic rings. The number of hydrogen-bond donors (Lipinski definition) is 3. The second-order valence-corrected chi connectivity index (χ2v) is 4.71. The fourth-order valence-electron chi connectivity index (χ4n) is 1.23. The molecule has 0 heterocycles. The summed E-state index contributed by atoms with van der Waals surface area (Å²) in [5.74, 6) is 0. The molecular formula is C11H14Cl2N2OS. The summed E-state index contributed by atoms with van der Waals surface area (Å²) >= 11 is 17.1. The lowest BCUT2D eigenvalue weighted by molar-refractivity contribution is 0.253. The molecule has 1 aromatic carbocycles. The molecule has 1 atom stereocenters. The lowest BCUT2D eigenvalue weighted by Crippen LogP contribution is -2.39. The fraction of sp³-hybridized carbons (Fsp3) is 0.364. The number of benzene rings is 1. The highest BCUT2D eigenvalue weighted by Crippen LogP contribution is 2.29. The lowest BCUT2D eigenvalue weighted by atomic mass is 10.2. The van der Waals surface area contributed by atoms with Crippen LogP contribution in [0.25, 0.3) is 0 Å². The maximum atomic E-state index is 9.05. The summed E-state index contributed by atoms with van der Waals surface area (Å²) in [5, 5.41) is 16.3. The van der Waals surface area contributed by atoms with E-state index in [9.17, 15) is 0 Å². The van der Waals surface area contributed by atoms with Gasteiger partial charge in [-0.15, -0.1) is 0 Å². The largest absolute Gasteiger partial charge is 0.394 e. The van der Waals surface area contributed by atoms with Gasteiger partial charge in [0.1, 0.15) is 0 Å². The molecule has 0 amide bonds. The molecule has 0 saturated heterocycles. The van der Waals surface area contributed by atoms with Crippen LogP contribution in [0.5, 0.6) is 0 Å². The van der Waals surface area contributed by atoms with Crippen molar-refractivity contribution in [3.8, 4) is 0 Å². The Balaban J connectivity index is 2.68. The molecule has 1 rings (SSSR count). The molecule has 0 saturated carbocycles. The van der Waals surface area contributed by atoms with Crippen molar-refractivity contribution >= 4 is 46.2 Å². The smallest absolute Gasteiger partial charge is 0.171 e. The average molecular weight is 293 g/mol. The number of aliphatic hydroxyl groups excluding tert-OH is 1. The Morgan fingerprint density at radius 3 is 2.47 bits per heavy atom. The first-order chi connectivity index (χ1) is 8.08. The topological polar surface area (TPSA) is 44.3 Å². The molecule has 0 aliphatic carbocycles. The second-order valence-electron chi connectivity index (χ2n) is 3.48. The van der Waals surface area contributed by atoms with E-state index < -0.39 is 0 Å². The molecule has 1 unspecified atom stereocenters. The van der Waals surface area contributed by atoms with E-state index in [0.29, 0.717) is 20.8 Å². The normalized spacial score (nSPS) is 12.0. The average Bonchev–Trinajstić information content (AvgIpc) is 2.31. The van der Waals surface area contributed by atoms with Crippen molar-refractivity contribution in [1.29, 1.82) is 0 Å². The molecule has 3 N–H and O–H groups in total. The van der Waals surface area contributed by atoms with E-state index >= 15 is 0 Å². The minimum absolute atomic E-state index is 0.0224. The molecule has 0 spiro atoms. The maximum Gasteiger partial charge on any atom is 0.171 e. The van der Waals surface area contributed by atoms with Crippen molar-refractivity contribution in [3.63, 3.8) is 0 Å². The van der Waals surface area contributed by atoms with E-state index in [-0.39, 0.29) is 12.6 Å². The molecule has 0 fully saturated rings. The molecule has 0 radical (unpaired) electrons. The first kappa shape index (κ1) is 14.5. The standard InChI is InChI=1S/C11H14Cl2N2OS/c1-2-7(6-16)14-11(17)15-10-8(12)4-3-5-9(10)13/h3-5,7,16H,2,6H2,1H3,(H2,14,15,17). The highest BCUT2D eigenvalue weighted by Gasteiger charge is 2.10. The molecule has 17 heavy (non-hydrogen) atoms. The van der Waals surface area contributed by atoms with Crippen molar-refractivity contribution in [1.82, 2.24) is 5.32 Å². The maximum absolute atomic E-state index is 9.05. The summed E-state index contributed by atoms with van der Waals surface area (Å²) in [6, 6.07) is 5.13. The predicted octanol–water partition coefficient (Wildman–Crippen LogP) is 3.05. The Hall–Kier alpha value is -0.550. The van der Waals surface area contributed by atoms with E-state index in [1.54, 1.807) is 18.2 Å². The lowest BCUT2D eigenvalue weighted by Gasteiger charge is -2.18. The van der Waals surface area contributed by atoms with Crippen LogP contribution < -0.4 is 10.6 Å². The summed E-state index contributed by atoms with van der Waals surface area (Å²) in [4.78, 5) is 0. The first-order valence-corrected chi connectivity index (χ1v) is 6.37. The Labute approximate surface area is 116 Å². The van der Waals surface area contributed by atoms with Gasteiger partial charge in [0.05, 0.1) is 28.4 Å². The second kappa shape index (κ2) is 7.01. The van der Waals surface area contributed by atoms with Gasteiger partial charge in [0, 0.05) is 0 Å². The van der Waals surface area contributed by atoms with Gasteiger partial charge in [-0.1, -0.05) is 36.2 Å². The van der Waals surface area contributed by atoms with Gasteiger partial charge in [0.25, 0.3) is 0 Å². The Morgan fingerprint density at radius 1 is 1.41 bits per heavy atom. The van der Waals surface area contributed by atoms with Gasteiger partial charge in [-0.2, -0.15) is 0 Å². The zero-order valence-electron chi connectivity index (χ0n) is 9.34. The summed E-state index contributed by atoms with van der Waals surface area (Å²) in [5.41, 5.74) is 0.570. The van der Waals surface area contributed by atoms with E-state index in [0.717, 1.165) is 6.42 Å². The van der Waals surface area contributed by atoms with Crippen LogP contribution in [0, 0.1) is 0 Å². The van der Waals surface area contributed by atoms with Crippen LogP contribution in [0.4, 0.5) is 5.69 Å². The van der Waals surface area contributed by atoms with Crippen molar-refractivity contribution in [2.45, 2.75) is 19.4 Å². The van der Waals surface area contributed by atoms with Gasteiger partial charge in [0.2, 0.25) is 0 Å². The van der Waals surface area contributed by atoms with Crippen LogP contribution in [0.3, 0.4) is 0 Å². The van der Waals surface area contributed by atoms with E-state index in [4.69, 9.17) is 40.5 Å². The zero-order chi connectivity index (χ0) is 12.8. The molecular weight excluding hydrogens is 279 g/mol. The van der Waals surface area contributed by atoms with Crippen LogP contribution in [-0.4, -0.2) is 22.9 Å². The van der Waals surface area contributed by atoms with Crippen molar-refractivity contribution in [2.75, 3.05) is 11.9 Å². The molecule has 1 aromatic rings. The number of hydrogen-bond acceptors (Lipinski definition) is 2. The van der Waals surface area contributed by atoms with Crippen LogP contribution in [0.15, 0.2) is 18.2 Å². The third-order valence-electron chi connectivity index (χ3n) is 2.25. The first-order valence-electron chi connectivity index (χ1n) is 5.20. The molecule has 0 aromatic heterocycles. The van der Waals surface area contributed by atoms with Crippen LogP contribution in [0.1, 0.15) is 13.3 Å². The van der Waals surface area contributed by atoms with Crippen molar-refractivity contribution in [3.05, 3.63) is 28.2 Å². The van der Waals surface area contributed by atoms with Crippen molar-refractivity contribution < 1.29 is 5.11 Å². The Morgan fingerprint density at radius 2 is 2.00 bits per heavy atom. The third kappa shape index (κ3) is 4.32. The monoisotopic (exact) mass is 292 g/mol. The van der Waals surface area contributed by atoms with E-state index in [1.807, 2.05) is 6.92 Å². The summed E-state index contributed by atoms with van der Waals surface area (Å²) < 4.78 is 0. The van der Waals surface area contributed by atoms with Crippen molar-refractivity contribution in [2.24, 2.45) is 0 Å². The Kier molecular flexibility index (Phi) is 5.98. The SMILES string of the molecule is CCC(CO)NC(=S)Nc1c(Cl)cccc1Cl. The predicted molar refractivity (Wildman–Crippen MR) is 77.0 cm³/mol. The number of para-hydroxylation sites is 1. The molecule has 0 bridgehead atoms. The summed E-state index contributed by atoms with van der Waals surface area (Å²) in [6.45, 7) is 1.98. The highest BCUT2D eigenvalue weighted by molar-refractivity contribution is 7.80. The van der Waals surface area contributed by atoms with Gasteiger partial charge < -0.3 is 15.7 Å². The highest BCUT2D eigenvalue weighted by atomic mass is 35.5. The molecule has 0 aliphatic heterocycles. The number of aliphatic hydroxyl groups is 1. The Bertz CT molecular complexity index is 377. The summed E-state index contributed by atoms with van der Waals surface area (Å²) in [7, 11) is 0. The number of halogens is 2. The van der Waals surface area contributed by atoms with Gasteiger partial charge in [0.15, 0.2) is 5.11 Å². The number of thiocarbonyl (C=S) groups is 1. The minimum Gasteiger partial charge on any atom is -0.394 e. The molecule has 3 nitrogen and oxygen atoms in total. The van der Waals surface area contributed by atoms with Gasteiger partial charge >= 0.3 is 0 Å².